The quantitative estimate of drug-likeness (QED) is 0.800. The van der Waals surface area contributed by atoms with Gasteiger partial charge in [0.15, 0.2) is 0 Å². The third-order valence-corrected chi connectivity index (χ3v) is 4.95. The van der Waals surface area contributed by atoms with Gasteiger partial charge in [-0.05, 0) is 50.4 Å². The predicted octanol–water partition coefficient (Wildman–Crippen LogP) is 3.01. The van der Waals surface area contributed by atoms with Crippen LogP contribution in [0.3, 0.4) is 0 Å². The van der Waals surface area contributed by atoms with E-state index in [0.29, 0.717) is 24.7 Å². The minimum atomic E-state index is -0.387. The number of hydrogen-bond donors (Lipinski definition) is 1. The second kappa shape index (κ2) is 5.42. The van der Waals surface area contributed by atoms with E-state index in [0.717, 1.165) is 5.92 Å². The Hall–Kier alpha value is -0.590. The van der Waals surface area contributed by atoms with Crippen molar-refractivity contribution in [3.63, 3.8) is 0 Å². The van der Waals surface area contributed by atoms with Crippen LogP contribution in [-0.2, 0) is 4.74 Å². The highest BCUT2D eigenvalue weighted by Gasteiger charge is 2.48. The number of rotatable bonds is 6. The Morgan fingerprint density at radius 1 is 1.21 bits per heavy atom. The average Bonchev–Trinajstić information content (AvgIpc) is 3.27. The van der Waals surface area contributed by atoms with Crippen LogP contribution in [0.15, 0.2) is 0 Å². The normalized spacial score (nSPS) is 34.5. The summed E-state index contributed by atoms with van der Waals surface area (Å²) in [5, 5.41) is 13.2. The first kappa shape index (κ1) is 13.4. The van der Waals surface area contributed by atoms with Crippen LogP contribution in [0, 0.1) is 23.2 Å². The summed E-state index contributed by atoms with van der Waals surface area (Å²) < 4.78 is 6.15. The van der Waals surface area contributed by atoms with Crippen LogP contribution in [0.5, 0.6) is 0 Å². The van der Waals surface area contributed by atoms with Gasteiger partial charge >= 0.3 is 0 Å². The van der Waals surface area contributed by atoms with Gasteiger partial charge in [0.25, 0.3) is 0 Å². The van der Waals surface area contributed by atoms with Gasteiger partial charge in [-0.25, -0.2) is 0 Å². The Balaban J connectivity index is 1.56. The molecule has 3 atom stereocenters. The molecule has 0 saturated heterocycles. The molecule has 0 heterocycles. The SMILES string of the molecule is CC1CCCC(OCC(C#N)(NC2CC2)C2CC2)C1. The van der Waals surface area contributed by atoms with Crippen LogP contribution in [0.25, 0.3) is 0 Å². The second-order valence-corrected chi connectivity index (χ2v) is 6.98. The second-order valence-electron chi connectivity index (χ2n) is 6.98. The molecule has 0 aromatic carbocycles. The molecule has 1 N–H and O–H groups in total. The molecule has 3 aliphatic rings. The van der Waals surface area contributed by atoms with E-state index in [-0.39, 0.29) is 5.54 Å². The monoisotopic (exact) mass is 262 g/mol. The Bertz CT molecular complexity index is 356. The number of nitriles is 1. The molecule has 0 amide bonds. The van der Waals surface area contributed by atoms with Gasteiger partial charge in [-0.3, -0.25) is 5.32 Å². The van der Waals surface area contributed by atoms with Crippen LogP contribution in [0.2, 0.25) is 0 Å². The molecule has 0 radical (unpaired) electrons. The lowest BCUT2D eigenvalue weighted by atomic mass is 9.88. The molecular weight excluding hydrogens is 236 g/mol. The van der Waals surface area contributed by atoms with E-state index in [1.54, 1.807) is 0 Å². The largest absolute Gasteiger partial charge is 0.375 e. The molecule has 19 heavy (non-hydrogen) atoms. The van der Waals surface area contributed by atoms with Crippen molar-refractivity contribution in [2.75, 3.05) is 6.61 Å². The summed E-state index contributed by atoms with van der Waals surface area (Å²) in [6.45, 7) is 2.92. The van der Waals surface area contributed by atoms with E-state index in [1.807, 2.05) is 0 Å². The maximum Gasteiger partial charge on any atom is 0.133 e. The van der Waals surface area contributed by atoms with Gasteiger partial charge in [-0.1, -0.05) is 19.8 Å². The van der Waals surface area contributed by atoms with Crippen molar-refractivity contribution in [2.24, 2.45) is 11.8 Å². The van der Waals surface area contributed by atoms with Crippen molar-refractivity contribution >= 4 is 0 Å². The summed E-state index contributed by atoms with van der Waals surface area (Å²) in [6, 6.07) is 3.14. The Kier molecular flexibility index (Phi) is 3.82. The highest BCUT2D eigenvalue weighted by atomic mass is 16.5. The van der Waals surface area contributed by atoms with Crippen molar-refractivity contribution in [3.8, 4) is 6.07 Å². The first-order valence-corrected chi connectivity index (χ1v) is 8.02. The first-order chi connectivity index (χ1) is 9.22. The van der Waals surface area contributed by atoms with Crippen LogP contribution >= 0.6 is 0 Å². The van der Waals surface area contributed by atoms with Gasteiger partial charge in [-0.15, -0.1) is 0 Å². The number of ether oxygens (including phenoxy) is 1. The van der Waals surface area contributed by atoms with Gasteiger partial charge in [-0.2, -0.15) is 5.26 Å². The van der Waals surface area contributed by atoms with Crippen molar-refractivity contribution in [2.45, 2.75) is 76.0 Å². The topological polar surface area (TPSA) is 45.0 Å². The fourth-order valence-electron chi connectivity index (χ4n) is 3.38. The smallest absolute Gasteiger partial charge is 0.133 e. The minimum Gasteiger partial charge on any atom is -0.375 e. The average molecular weight is 262 g/mol. The molecule has 0 spiro atoms. The Morgan fingerprint density at radius 3 is 2.58 bits per heavy atom. The third kappa shape index (κ3) is 3.30. The molecule has 0 aliphatic heterocycles. The zero-order chi connectivity index (χ0) is 13.3. The van der Waals surface area contributed by atoms with Crippen LogP contribution in [0.1, 0.15) is 58.3 Å². The molecule has 3 aliphatic carbocycles. The van der Waals surface area contributed by atoms with Crippen LogP contribution < -0.4 is 5.32 Å². The Morgan fingerprint density at radius 2 is 2.00 bits per heavy atom. The lowest BCUT2D eigenvalue weighted by molar-refractivity contribution is -0.0118. The number of hydrogen-bond acceptors (Lipinski definition) is 3. The molecule has 3 fully saturated rings. The molecule has 3 nitrogen and oxygen atoms in total. The Labute approximate surface area is 116 Å². The molecule has 0 aromatic heterocycles. The summed E-state index contributed by atoms with van der Waals surface area (Å²) in [7, 11) is 0. The fraction of sp³-hybridized carbons (Fsp3) is 0.938. The summed E-state index contributed by atoms with van der Waals surface area (Å²) in [6.07, 6.45) is 10.2. The van der Waals surface area contributed by atoms with Gasteiger partial charge in [0, 0.05) is 6.04 Å². The molecule has 3 heteroatoms. The molecule has 0 bridgehead atoms. The summed E-state index contributed by atoms with van der Waals surface area (Å²) >= 11 is 0. The summed E-state index contributed by atoms with van der Waals surface area (Å²) in [5.74, 6) is 1.31. The fourth-order valence-corrected chi connectivity index (χ4v) is 3.38. The zero-order valence-corrected chi connectivity index (χ0v) is 12.0. The van der Waals surface area contributed by atoms with Crippen molar-refractivity contribution in [3.05, 3.63) is 0 Å². The standard InChI is InChI=1S/C16H26N2O/c1-12-3-2-4-15(9-12)19-11-16(10-17,13-5-6-13)18-14-7-8-14/h12-15,18H,2-9,11H2,1H3. The van der Waals surface area contributed by atoms with E-state index >= 15 is 0 Å². The highest BCUT2D eigenvalue weighted by Crippen LogP contribution is 2.42. The van der Waals surface area contributed by atoms with Crippen molar-refractivity contribution in [1.82, 2.24) is 5.32 Å². The molecule has 3 rings (SSSR count). The number of nitrogens with one attached hydrogen (secondary N) is 1. The van der Waals surface area contributed by atoms with Gasteiger partial charge in [0.05, 0.1) is 18.8 Å². The maximum atomic E-state index is 9.65. The number of nitrogens with zero attached hydrogens (tertiary/aromatic N) is 1. The first-order valence-electron chi connectivity index (χ1n) is 8.02. The van der Waals surface area contributed by atoms with Crippen molar-refractivity contribution in [1.29, 1.82) is 5.26 Å². The summed E-state index contributed by atoms with van der Waals surface area (Å²) in [5.41, 5.74) is -0.387. The summed E-state index contributed by atoms with van der Waals surface area (Å²) in [4.78, 5) is 0. The van der Waals surface area contributed by atoms with E-state index in [4.69, 9.17) is 4.74 Å². The molecule has 0 aromatic rings. The van der Waals surface area contributed by atoms with Crippen LogP contribution in [-0.4, -0.2) is 24.3 Å². The molecule has 3 saturated carbocycles. The third-order valence-electron chi connectivity index (χ3n) is 4.95. The molecule has 3 unspecified atom stereocenters. The lowest BCUT2D eigenvalue weighted by Gasteiger charge is -2.33. The van der Waals surface area contributed by atoms with Gasteiger partial charge in [0.2, 0.25) is 0 Å². The molecular formula is C16H26N2O. The van der Waals surface area contributed by atoms with E-state index in [1.165, 1.54) is 51.4 Å². The van der Waals surface area contributed by atoms with Gasteiger partial charge in [0.1, 0.15) is 5.54 Å². The molecule has 106 valence electrons. The van der Waals surface area contributed by atoms with Gasteiger partial charge < -0.3 is 4.74 Å². The lowest BCUT2D eigenvalue weighted by Crippen LogP contribution is -2.52. The van der Waals surface area contributed by atoms with Crippen LogP contribution in [0.4, 0.5) is 0 Å². The van der Waals surface area contributed by atoms with Crippen molar-refractivity contribution < 1.29 is 4.74 Å². The van der Waals surface area contributed by atoms with E-state index in [2.05, 4.69) is 18.3 Å². The zero-order valence-electron chi connectivity index (χ0n) is 12.0. The highest BCUT2D eigenvalue weighted by molar-refractivity contribution is 5.17. The van der Waals surface area contributed by atoms with E-state index in [9.17, 15) is 5.26 Å². The minimum absolute atomic E-state index is 0.385. The van der Waals surface area contributed by atoms with E-state index < -0.39 is 0 Å². The maximum absolute atomic E-state index is 9.65. The predicted molar refractivity (Wildman–Crippen MR) is 74.6 cm³/mol.